The van der Waals surface area contributed by atoms with Crippen molar-refractivity contribution >= 4 is 11.6 Å². The molecule has 0 aliphatic heterocycles. The van der Waals surface area contributed by atoms with Crippen molar-refractivity contribution in [2.24, 2.45) is 0 Å². The summed E-state index contributed by atoms with van der Waals surface area (Å²) in [5, 5.41) is 6.43. The monoisotopic (exact) mass is 369 g/mol. The standard InChI is InChI=1S/C20H20FN3O3/c1-12(2)19-23-20(27-24-19)14-5-7-15(8-6-14)26-11-18(25)22-17-10-13(3)4-9-16(17)21/h4-10,12H,11H2,1-3H3,(H,22,25). The zero-order valence-corrected chi connectivity index (χ0v) is 15.3. The first-order chi connectivity index (χ1) is 12.9. The largest absolute Gasteiger partial charge is 0.484 e. The minimum absolute atomic E-state index is 0.135. The average Bonchev–Trinajstić information content (AvgIpc) is 3.14. The number of aromatic nitrogens is 2. The summed E-state index contributed by atoms with van der Waals surface area (Å²) in [5.74, 6) is 0.827. The van der Waals surface area contributed by atoms with Crippen LogP contribution in [0.3, 0.4) is 0 Å². The number of carbonyl (C=O) groups is 1. The molecule has 3 rings (SSSR count). The highest BCUT2D eigenvalue weighted by Crippen LogP contribution is 2.23. The van der Waals surface area contributed by atoms with Crippen molar-refractivity contribution in [3.8, 4) is 17.2 Å². The number of hydrogen-bond donors (Lipinski definition) is 1. The summed E-state index contributed by atoms with van der Waals surface area (Å²) in [4.78, 5) is 16.3. The molecular formula is C20H20FN3O3. The lowest BCUT2D eigenvalue weighted by Gasteiger charge is -2.09. The zero-order chi connectivity index (χ0) is 19.4. The van der Waals surface area contributed by atoms with E-state index in [1.54, 1.807) is 36.4 Å². The van der Waals surface area contributed by atoms with Gasteiger partial charge in [0.2, 0.25) is 0 Å². The third-order valence-electron chi connectivity index (χ3n) is 3.83. The van der Waals surface area contributed by atoms with Crippen LogP contribution in [0.2, 0.25) is 0 Å². The van der Waals surface area contributed by atoms with E-state index < -0.39 is 11.7 Å². The lowest BCUT2D eigenvalue weighted by atomic mass is 10.2. The molecule has 0 aliphatic rings. The van der Waals surface area contributed by atoms with Crippen molar-refractivity contribution in [2.45, 2.75) is 26.7 Å². The first kappa shape index (κ1) is 18.6. The van der Waals surface area contributed by atoms with Crippen LogP contribution < -0.4 is 10.1 Å². The third-order valence-corrected chi connectivity index (χ3v) is 3.83. The van der Waals surface area contributed by atoms with Crippen molar-refractivity contribution in [3.63, 3.8) is 0 Å². The predicted octanol–water partition coefficient (Wildman–Crippen LogP) is 4.33. The molecule has 0 unspecified atom stereocenters. The van der Waals surface area contributed by atoms with Crippen molar-refractivity contribution in [3.05, 3.63) is 59.7 Å². The summed E-state index contributed by atoms with van der Waals surface area (Å²) < 4.78 is 24.4. The molecule has 1 heterocycles. The molecule has 0 bridgehead atoms. The number of amides is 1. The molecule has 2 aromatic carbocycles. The van der Waals surface area contributed by atoms with Crippen LogP contribution in [0.15, 0.2) is 47.0 Å². The molecule has 0 radical (unpaired) electrons. The number of carbonyl (C=O) groups excluding carboxylic acids is 1. The predicted molar refractivity (Wildman–Crippen MR) is 99.1 cm³/mol. The fourth-order valence-corrected chi connectivity index (χ4v) is 2.35. The Morgan fingerprint density at radius 2 is 1.96 bits per heavy atom. The maximum absolute atomic E-state index is 13.7. The number of aryl methyl sites for hydroxylation is 1. The van der Waals surface area contributed by atoms with Crippen LogP contribution in [0.4, 0.5) is 10.1 Å². The lowest BCUT2D eigenvalue weighted by Crippen LogP contribution is -2.20. The van der Waals surface area contributed by atoms with Gasteiger partial charge in [0.25, 0.3) is 11.8 Å². The first-order valence-electron chi connectivity index (χ1n) is 8.55. The Morgan fingerprint density at radius 1 is 1.22 bits per heavy atom. The highest BCUT2D eigenvalue weighted by molar-refractivity contribution is 5.92. The summed E-state index contributed by atoms with van der Waals surface area (Å²) in [7, 11) is 0. The molecule has 0 atom stereocenters. The second kappa shape index (κ2) is 7.99. The first-order valence-corrected chi connectivity index (χ1v) is 8.55. The Kier molecular flexibility index (Phi) is 5.49. The number of nitrogens with one attached hydrogen (secondary N) is 1. The van der Waals surface area contributed by atoms with E-state index in [0.29, 0.717) is 17.5 Å². The van der Waals surface area contributed by atoms with E-state index in [0.717, 1.165) is 11.1 Å². The van der Waals surface area contributed by atoms with Crippen LogP contribution in [0.1, 0.15) is 31.2 Å². The average molecular weight is 369 g/mol. The van der Waals surface area contributed by atoms with E-state index in [1.807, 2.05) is 20.8 Å². The van der Waals surface area contributed by atoms with E-state index in [-0.39, 0.29) is 18.2 Å². The van der Waals surface area contributed by atoms with Gasteiger partial charge in [-0.15, -0.1) is 0 Å². The van der Waals surface area contributed by atoms with Crippen LogP contribution in [0.5, 0.6) is 5.75 Å². The smallest absolute Gasteiger partial charge is 0.262 e. The van der Waals surface area contributed by atoms with E-state index in [2.05, 4.69) is 15.5 Å². The number of anilines is 1. The SMILES string of the molecule is Cc1ccc(F)c(NC(=O)COc2ccc(-c3nc(C(C)C)no3)cc2)c1. The summed E-state index contributed by atoms with van der Waals surface area (Å²) in [6, 6.07) is 11.5. The Bertz CT molecular complexity index is 936. The third kappa shape index (κ3) is 4.69. The molecule has 0 spiro atoms. The van der Waals surface area contributed by atoms with Gasteiger partial charge in [0.05, 0.1) is 5.69 Å². The van der Waals surface area contributed by atoms with Crippen LogP contribution in [-0.2, 0) is 4.79 Å². The number of halogens is 1. The molecule has 0 aliphatic carbocycles. The highest BCUT2D eigenvalue weighted by atomic mass is 19.1. The topological polar surface area (TPSA) is 77.2 Å². The van der Waals surface area contributed by atoms with Crippen LogP contribution >= 0.6 is 0 Å². The van der Waals surface area contributed by atoms with Crippen LogP contribution in [0, 0.1) is 12.7 Å². The van der Waals surface area contributed by atoms with Crippen molar-refractivity contribution < 1.29 is 18.4 Å². The fraction of sp³-hybridized carbons (Fsp3) is 0.250. The fourth-order valence-electron chi connectivity index (χ4n) is 2.35. The minimum Gasteiger partial charge on any atom is -0.484 e. The zero-order valence-electron chi connectivity index (χ0n) is 15.3. The molecule has 1 N–H and O–H groups in total. The van der Waals surface area contributed by atoms with Gasteiger partial charge in [-0.1, -0.05) is 25.1 Å². The number of nitrogens with zero attached hydrogens (tertiary/aromatic N) is 2. The maximum Gasteiger partial charge on any atom is 0.262 e. The Balaban J connectivity index is 1.58. The number of benzene rings is 2. The Morgan fingerprint density at radius 3 is 2.63 bits per heavy atom. The number of hydrogen-bond acceptors (Lipinski definition) is 5. The normalized spacial score (nSPS) is 10.9. The number of ether oxygens (including phenoxy) is 1. The molecule has 0 saturated heterocycles. The van der Waals surface area contributed by atoms with Gasteiger partial charge in [-0.2, -0.15) is 4.98 Å². The van der Waals surface area contributed by atoms with Gasteiger partial charge in [0, 0.05) is 11.5 Å². The van der Waals surface area contributed by atoms with Gasteiger partial charge in [-0.25, -0.2) is 4.39 Å². The minimum atomic E-state index is -0.487. The van der Waals surface area contributed by atoms with Gasteiger partial charge in [-0.3, -0.25) is 4.79 Å². The molecular weight excluding hydrogens is 349 g/mol. The van der Waals surface area contributed by atoms with E-state index in [4.69, 9.17) is 9.26 Å². The Hall–Kier alpha value is -3.22. The Labute approximate surface area is 156 Å². The van der Waals surface area contributed by atoms with Crippen molar-refractivity contribution in [2.75, 3.05) is 11.9 Å². The van der Waals surface area contributed by atoms with Gasteiger partial charge in [0.15, 0.2) is 12.4 Å². The number of rotatable bonds is 6. The molecule has 27 heavy (non-hydrogen) atoms. The molecule has 3 aromatic rings. The maximum atomic E-state index is 13.7. The van der Waals surface area contributed by atoms with E-state index in [1.165, 1.54) is 6.07 Å². The highest BCUT2D eigenvalue weighted by Gasteiger charge is 2.12. The van der Waals surface area contributed by atoms with Gasteiger partial charge in [0.1, 0.15) is 11.6 Å². The summed E-state index contributed by atoms with van der Waals surface area (Å²) in [6.45, 7) is 5.56. The van der Waals surface area contributed by atoms with Crippen molar-refractivity contribution in [1.29, 1.82) is 0 Å². The van der Waals surface area contributed by atoms with Gasteiger partial charge in [-0.05, 0) is 48.9 Å². The molecule has 140 valence electrons. The second-order valence-electron chi connectivity index (χ2n) is 6.46. The molecule has 0 saturated carbocycles. The van der Waals surface area contributed by atoms with E-state index in [9.17, 15) is 9.18 Å². The summed E-state index contributed by atoms with van der Waals surface area (Å²) >= 11 is 0. The van der Waals surface area contributed by atoms with Gasteiger partial charge >= 0.3 is 0 Å². The lowest BCUT2D eigenvalue weighted by molar-refractivity contribution is -0.118. The molecule has 0 fully saturated rings. The molecule has 1 aromatic heterocycles. The second-order valence-corrected chi connectivity index (χ2v) is 6.46. The summed E-state index contributed by atoms with van der Waals surface area (Å²) in [6.07, 6.45) is 0. The van der Waals surface area contributed by atoms with E-state index >= 15 is 0 Å². The molecule has 7 heteroatoms. The van der Waals surface area contributed by atoms with Crippen LogP contribution in [-0.4, -0.2) is 22.7 Å². The van der Waals surface area contributed by atoms with Crippen LogP contribution in [0.25, 0.3) is 11.5 Å². The summed E-state index contributed by atoms with van der Waals surface area (Å²) in [5.41, 5.74) is 1.74. The van der Waals surface area contributed by atoms with Crippen molar-refractivity contribution in [1.82, 2.24) is 10.1 Å². The quantitative estimate of drug-likeness (QED) is 0.700. The molecule has 6 nitrogen and oxygen atoms in total. The van der Waals surface area contributed by atoms with Gasteiger partial charge < -0.3 is 14.6 Å². The molecule has 1 amide bonds.